The normalized spacial score (nSPS) is 17.8. The van der Waals surface area contributed by atoms with Gasteiger partial charge in [0.1, 0.15) is 11.0 Å². The van der Waals surface area contributed by atoms with Gasteiger partial charge in [0.15, 0.2) is 5.76 Å². The minimum absolute atomic E-state index is 0.121. The number of anilines is 1. The summed E-state index contributed by atoms with van der Waals surface area (Å²) < 4.78 is 15.4. The quantitative estimate of drug-likeness (QED) is 0.664. The first-order valence-electron chi connectivity index (χ1n) is 6.14. The molecule has 0 aliphatic carbocycles. The second-order valence-electron chi connectivity index (χ2n) is 4.30. The molecule has 1 N–H and O–H groups in total. The number of nitrogens with zero attached hydrogens (tertiary/aromatic N) is 3. The molecule has 0 aromatic carbocycles. The molecule has 110 valence electrons. The molecular formula is C11H10N4O6. The lowest BCUT2D eigenvalue weighted by atomic mass is 10.2. The van der Waals surface area contributed by atoms with E-state index < -0.39 is 16.7 Å². The largest absolute Gasteiger partial charge is 0.433 e. The second kappa shape index (κ2) is 5.32. The minimum Gasteiger partial charge on any atom is -0.405 e. The van der Waals surface area contributed by atoms with Crippen molar-refractivity contribution in [2.45, 2.75) is 18.9 Å². The second-order valence-corrected chi connectivity index (χ2v) is 4.30. The molecular weight excluding hydrogens is 284 g/mol. The highest BCUT2D eigenvalue weighted by Crippen LogP contribution is 2.28. The molecule has 21 heavy (non-hydrogen) atoms. The van der Waals surface area contributed by atoms with Gasteiger partial charge in [-0.05, 0) is 18.9 Å². The monoisotopic (exact) mass is 294 g/mol. The third-order valence-electron chi connectivity index (χ3n) is 2.86. The fourth-order valence-corrected chi connectivity index (χ4v) is 1.89. The molecule has 3 rings (SSSR count). The van der Waals surface area contributed by atoms with Gasteiger partial charge in [0.25, 0.3) is 5.91 Å². The highest BCUT2D eigenvalue weighted by molar-refractivity contribution is 6.01. The van der Waals surface area contributed by atoms with E-state index in [1.807, 2.05) is 0 Å². The molecule has 1 amide bonds. The van der Waals surface area contributed by atoms with E-state index in [1.165, 1.54) is 6.07 Å². The average molecular weight is 294 g/mol. The third kappa shape index (κ3) is 2.74. The molecule has 1 aliphatic heterocycles. The van der Waals surface area contributed by atoms with Crippen molar-refractivity contribution in [3.8, 4) is 0 Å². The lowest BCUT2D eigenvalue weighted by Gasteiger charge is -2.01. The first kappa shape index (κ1) is 13.2. The van der Waals surface area contributed by atoms with Crippen molar-refractivity contribution >= 4 is 17.8 Å². The summed E-state index contributed by atoms with van der Waals surface area (Å²) in [5.74, 6) is -1.18. The Bertz CT molecular complexity index is 672. The number of nitro groups is 1. The molecule has 10 heteroatoms. The first-order valence-corrected chi connectivity index (χ1v) is 6.14. The van der Waals surface area contributed by atoms with E-state index in [4.69, 9.17) is 13.6 Å². The number of furan rings is 1. The first-order chi connectivity index (χ1) is 10.1. The summed E-state index contributed by atoms with van der Waals surface area (Å²) in [6.45, 7) is 0.630. The van der Waals surface area contributed by atoms with Crippen LogP contribution in [0.5, 0.6) is 0 Å². The molecule has 1 atom stereocenters. The number of hydrogen-bond acceptors (Lipinski definition) is 8. The predicted molar refractivity (Wildman–Crippen MR) is 65.5 cm³/mol. The number of carbonyl (C=O) groups excluding carboxylic acids is 1. The van der Waals surface area contributed by atoms with Crippen LogP contribution in [-0.4, -0.2) is 27.6 Å². The van der Waals surface area contributed by atoms with Gasteiger partial charge >= 0.3 is 11.9 Å². The van der Waals surface area contributed by atoms with Gasteiger partial charge in [0, 0.05) is 6.61 Å². The van der Waals surface area contributed by atoms with Crippen molar-refractivity contribution in [2.24, 2.45) is 0 Å². The third-order valence-corrected chi connectivity index (χ3v) is 2.86. The van der Waals surface area contributed by atoms with E-state index in [2.05, 4.69) is 15.5 Å². The van der Waals surface area contributed by atoms with Crippen LogP contribution in [0, 0.1) is 10.1 Å². The number of rotatable bonds is 4. The van der Waals surface area contributed by atoms with Gasteiger partial charge in [-0.25, -0.2) is 0 Å². The number of hydrogen-bond donors (Lipinski definition) is 1. The van der Waals surface area contributed by atoms with Crippen LogP contribution in [0.2, 0.25) is 0 Å². The summed E-state index contributed by atoms with van der Waals surface area (Å²) in [7, 11) is 0. The van der Waals surface area contributed by atoms with E-state index in [9.17, 15) is 14.9 Å². The maximum absolute atomic E-state index is 11.8. The van der Waals surface area contributed by atoms with Crippen LogP contribution in [0.15, 0.2) is 21.0 Å². The molecule has 0 saturated carbocycles. The Labute approximate surface area is 117 Å². The number of carbonyl (C=O) groups is 1. The fourth-order valence-electron chi connectivity index (χ4n) is 1.89. The molecule has 0 bridgehead atoms. The van der Waals surface area contributed by atoms with E-state index in [0.717, 1.165) is 18.9 Å². The van der Waals surface area contributed by atoms with Gasteiger partial charge in [0.2, 0.25) is 5.89 Å². The molecule has 1 aliphatic rings. The highest BCUT2D eigenvalue weighted by atomic mass is 16.6. The molecule has 1 saturated heterocycles. The summed E-state index contributed by atoms with van der Waals surface area (Å²) in [5, 5.41) is 20.2. The molecule has 0 radical (unpaired) electrons. The van der Waals surface area contributed by atoms with E-state index >= 15 is 0 Å². The van der Waals surface area contributed by atoms with E-state index in [1.54, 1.807) is 0 Å². The maximum Gasteiger partial charge on any atom is 0.433 e. The van der Waals surface area contributed by atoms with Gasteiger partial charge in [-0.15, -0.1) is 5.10 Å². The van der Waals surface area contributed by atoms with Crippen LogP contribution in [0.1, 0.15) is 35.4 Å². The lowest BCUT2D eigenvalue weighted by molar-refractivity contribution is -0.402. The molecule has 1 fully saturated rings. The van der Waals surface area contributed by atoms with Gasteiger partial charge in [-0.2, -0.15) is 0 Å². The molecule has 3 heterocycles. The van der Waals surface area contributed by atoms with Crippen LogP contribution in [0.25, 0.3) is 0 Å². The zero-order chi connectivity index (χ0) is 14.8. The Hall–Kier alpha value is -2.75. The van der Waals surface area contributed by atoms with Crippen molar-refractivity contribution < 1.29 is 23.3 Å². The topological polar surface area (TPSA) is 134 Å². The molecule has 2 aromatic rings. The van der Waals surface area contributed by atoms with Gasteiger partial charge in [0.05, 0.1) is 6.07 Å². The van der Waals surface area contributed by atoms with Gasteiger partial charge in [-0.1, -0.05) is 5.10 Å². The number of amides is 1. The number of nitrogens with one attached hydrogen (secondary N) is 1. The van der Waals surface area contributed by atoms with Gasteiger partial charge in [-0.3, -0.25) is 20.2 Å². The zero-order valence-electron chi connectivity index (χ0n) is 10.6. The Kier molecular flexibility index (Phi) is 3.36. The summed E-state index contributed by atoms with van der Waals surface area (Å²) in [6, 6.07) is 2.15. The predicted octanol–water partition coefficient (Wildman–Crippen LogP) is 1.67. The van der Waals surface area contributed by atoms with E-state index in [0.29, 0.717) is 6.61 Å². The van der Waals surface area contributed by atoms with Crippen LogP contribution in [0.4, 0.5) is 11.9 Å². The van der Waals surface area contributed by atoms with Gasteiger partial charge < -0.3 is 13.6 Å². The summed E-state index contributed by atoms with van der Waals surface area (Å²) in [4.78, 5) is 21.5. The SMILES string of the molecule is O=C(Nc1nnc([C@H]2CCCO2)o1)c1ccc([N+](=O)[O-])o1. The van der Waals surface area contributed by atoms with Crippen molar-refractivity contribution in [2.75, 3.05) is 11.9 Å². The summed E-state index contributed by atoms with van der Waals surface area (Å²) >= 11 is 0. The van der Waals surface area contributed by atoms with Crippen LogP contribution >= 0.6 is 0 Å². The Morgan fingerprint density at radius 2 is 2.24 bits per heavy atom. The lowest BCUT2D eigenvalue weighted by Crippen LogP contribution is -2.11. The molecule has 2 aromatic heterocycles. The summed E-state index contributed by atoms with van der Waals surface area (Å²) in [5.41, 5.74) is 0. The maximum atomic E-state index is 11.8. The van der Waals surface area contributed by atoms with Crippen molar-refractivity contribution in [3.05, 3.63) is 33.9 Å². The Balaban J connectivity index is 1.67. The molecule has 0 spiro atoms. The average Bonchev–Trinajstić information content (AvgIpc) is 3.19. The van der Waals surface area contributed by atoms with Crippen molar-refractivity contribution in [1.82, 2.24) is 10.2 Å². The van der Waals surface area contributed by atoms with Crippen LogP contribution in [0.3, 0.4) is 0 Å². The van der Waals surface area contributed by atoms with Crippen molar-refractivity contribution in [3.63, 3.8) is 0 Å². The number of ether oxygens (including phenoxy) is 1. The smallest absolute Gasteiger partial charge is 0.405 e. The zero-order valence-corrected chi connectivity index (χ0v) is 10.6. The molecule has 10 nitrogen and oxygen atoms in total. The Morgan fingerprint density at radius 1 is 1.38 bits per heavy atom. The standard InChI is InChI=1S/C11H10N4O6/c16-9(6-3-4-8(20-6)15(17)18)12-11-14-13-10(21-11)7-2-1-5-19-7/h3-4,7H,1-2,5H2,(H,12,14,16)/t7-/m1/s1. The Morgan fingerprint density at radius 3 is 2.90 bits per heavy atom. The van der Waals surface area contributed by atoms with Crippen molar-refractivity contribution in [1.29, 1.82) is 0 Å². The number of aromatic nitrogens is 2. The molecule has 0 unspecified atom stereocenters. The van der Waals surface area contributed by atoms with Crippen LogP contribution < -0.4 is 5.32 Å². The highest BCUT2D eigenvalue weighted by Gasteiger charge is 2.25. The van der Waals surface area contributed by atoms with E-state index in [-0.39, 0.29) is 23.8 Å². The van der Waals surface area contributed by atoms with Crippen LogP contribution in [-0.2, 0) is 4.74 Å². The minimum atomic E-state index is -0.737. The summed E-state index contributed by atoms with van der Waals surface area (Å²) in [6.07, 6.45) is 1.43. The fraction of sp³-hybridized carbons (Fsp3) is 0.364.